The van der Waals surface area contributed by atoms with Crippen LogP contribution in [0.2, 0.25) is 0 Å². The van der Waals surface area contributed by atoms with Crippen molar-refractivity contribution in [1.82, 2.24) is 10.2 Å². The van der Waals surface area contributed by atoms with Crippen LogP contribution >= 0.6 is 23.1 Å². The largest absolute Gasteiger partial charge is 0.477 e. The number of carbonyl (C=O) groups excluding carboxylic acids is 2. The third-order valence-electron chi connectivity index (χ3n) is 3.05. The Morgan fingerprint density at radius 2 is 2.27 bits per heavy atom. The second-order valence-electron chi connectivity index (χ2n) is 4.47. The highest BCUT2D eigenvalue weighted by Gasteiger charge is 2.32. The fraction of sp³-hybridized carbons (Fsp3) is 0.231. The molecule has 3 rings (SSSR count). The Morgan fingerprint density at radius 1 is 1.45 bits per heavy atom. The molecule has 0 fully saturated rings. The molecule has 2 N–H and O–H groups in total. The van der Waals surface area contributed by atoms with Crippen molar-refractivity contribution >= 4 is 40.6 Å². The van der Waals surface area contributed by atoms with Crippen molar-refractivity contribution in [1.29, 1.82) is 0 Å². The van der Waals surface area contributed by atoms with E-state index in [1.807, 2.05) is 6.07 Å². The lowest BCUT2D eigenvalue weighted by Gasteiger charge is -2.33. The number of amides is 2. The zero-order valence-electron chi connectivity index (χ0n) is 11.3. The van der Waals surface area contributed by atoms with Crippen molar-refractivity contribution in [2.24, 2.45) is 5.73 Å². The molecule has 2 heterocycles. The van der Waals surface area contributed by atoms with Gasteiger partial charge in [-0.1, -0.05) is 35.2 Å². The van der Waals surface area contributed by atoms with Crippen molar-refractivity contribution in [3.05, 3.63) is 29.8 Å². The molecular formula is C13H12N4O3S2. The molecule has 114 valence electrons. The summed E-state index contributed by atoms with van der Waals surface area (Å²) in [6, 6.07) is 7.08. The van der Waals surface area contributed by atoms with Crippen LogP contribution in [0.4, 0.5) is 5.69 Å². The topological polar surface area (TPSA) is 98.4 Å². The lowest BCUT2D eigenvalue weighted by Crippen LogP contribution is -2.49. The molecule has 1 aliphatic rings. The lowest BCUT2D eigenvalue weighted by molar-refractivity contribution is -0.125. The van der Waals surface area contributed by atoms with E-state index >= 15 is 0 Å². The van der Waals surface area contributed by atoms with E-state index in [2.05, 4.69) is 10.2 Å². The molecule has 0 saturated carbocycles. The summed E-state index contributed by atoms with van der Waals surface area (Å²) in [7, 11) is 0. The third-order valence-corrected chi connectivity index (χ3v) is 4.90. The van der Waals surface area contributed by atoms with E-state index in [0.717, 1.165) is 4.34 Å². The van der Waals surface area contributed by atoms with Gasteiger partial charge in [-0.05, 0) is 12.1 Å². The molecule has 1 unspecified atom stereocenters. The molecule has 0 radical (unpaired) electrons. The third kappa shape index (κ3) is 3.04. The van der Waals surface area contributed by atoms with E-state index in [0.29, 0.717) is 11.4 Å². The maximum Gasteiger partial charge on any atom is 0.260 e. The van der Waals surface area contributed by atoms with Crippen LogP contribution in [-0.4, -0.2) is 40.4 Å². The molecule has 1 aromatic carbocycles. The van der Waals surface area contributed by atoms with Gasteiger partial charge in [0.25, 0.3) is 5.91 Å². The van der Waals surface area contributed by atoms with Gasteiger partial charge in [-0.25, -0.2) is 0 Å². The fourth-order valence-corrected chi connectivity index (χ4v) is 3.41. The Hall–Kier alpha value is -2.13. The molecule has 7 nitrogen and oxygen atoms in total. The molecule has 2 aromatic rings. The van der Waals surface area contributed by atoms with Crippen LogP contribution in [0.25, 0.3) is 0 Å². The van der Waals surface area contributed by atoms with Gasteiger partial charge in [0, 0.05) is 0 Å². The number of primary amides is 1. The summed E-state index contributed by atoms with van der Waals surface area (Å²) in [6.45, 7) is 0.113. The van der Waals surface area contributed by atoms with Crippen molar-refractivity contribution in [3.8, 4) is 5.75 Å². The van der Waals surface area contributed by atoms with Gasteiger partial charge in [-0.15, -0.1) is 10.2 Å². The predicted molar refractivity (Wildman–Crippen MR) is 83.0 cm³/mol. The second kappa shape index (κ2) is 6.32. The average molecular weight is 336 g/mol. The Kier molecular flexibility index (Phi) is 4.25. The maximum absolute atomic E-state index is 12.5. The van der Waals surface area contributed by atoms with Crippen LogP contribution in [0.15, 0.2) is 34.1 Å². The van der Waals surface area contributed by atoms with Gasteiger partial charge in [0.2, 0.25) is 5.91 Å². The van der Waals surface area contributed by atoms with Gasteiger partial charge in [-0.3, -0.25) is 9.59 Å². The maximum atomic E-state index is 12.5. The molecule has 0 spiro atoms. The number of nitrogens with two attached hydrogens (primary N) is 1. The molecule has 0 saturated heterocycles. The van der Waals surface area contributed by atoms with E-state index < -0.39 is 12.0 Å². The molecule has 1 atom stereocenters. The number of ether oxygens (including phenoxy) is 1. The minimum atomic E-state index is -0.842. The van der Waals surface area contributed by atoms with E-state index in [1.165, 1.54) is 28.0 Å². The Labute approximate surface area is 134 Å². The molecule has 0 aliphatic carbocycles. The van der Waals surface area contributed by atoms with Gasteiger partial charge in [0.15, 0.2) is 10.4 Å². The van der Waals surface area contributed by atoms with Gasteiger partial charge in [-0.2, -0.15) is 0 Å². The van der Waals surface area contributed by atoms with E-state index in [-0.39, 0.29) is 18.2 Å². The lowest BCUT2D eigenvalue weighted by atomic mass is 10.2. The fourth-order valence-electron chi connectivity index (χ4n) is 2.05. The molecule has 1 aliphatic heterocycles. The van der Waals surface area contributed by atoms with E-state index in [1.54, 1.807) is 23.7 Å². The first-order valence-corrected chi connectivity index (χ1v) is 8.26. The summed E-state index contributed by atoms with van der Waals surface area (Å²) in [4.78, 5) is 25.4. The van der Waals surface area contributed by atoms with Crippen molar-refractivity contribution in [3.63, 3.8) is 0 Å². The van der Waals surface area contributed by atoms with Crippen LogP contribution in [0.5, 0.6) is 5.75 Å². The molecule has 9 heteroatoms. The minimum Gasteiger partial charge on any atom is -0.477 e. The summed E-state index contributed by atoms with van der Waals surface area (Å²) < 4.78 is 6.25. The first kappa shape index (κ1) is 14.8. The SMILES string of the molecule is NC(=O)C1CN(C(=O)CSc2nncs2)c2ccccc2O1. The summed E-state index contributed by atoms with van der Waals surface area (Å²) >= 11 is 2.68. The van der Waals surface area contributed by atoms with Crippen molar-refractivity contribution < 1.29 is 14.3 Å². The molecule has 1 aromatic heterocycles. The zero-order chi connectivity index (χ0) is 15.5. The highest BCUT2D eigenvalue weighted by molar-refractivity contribution is 8.01. The molecule has 2 amide bonds. The Balaban J connectivity index is 1.78. The minimum absolute atomic E-state index is 0.113. The summed E-state index contributed by atoms with van der Waals surface area (Å²) in [6.07, 6.45) is -0.842. The van der Waals surface area contributed by atoms with E-state index in [4.69, 9.17) is 10.5 Å². The number of carbonyl (C=O) groups is 2. The number of thioether (sulfide) groups is 1. The smallest absolute Gasteiger partial charge is 0.260 e. The van der Waals surface area contributed by atoms with Gasteiger partial charge >= 0.3 is 0 Å². The number of rotatable bonds is 4. The predicted octanol–water partition coefficient (Wildman–Crippen LogP) is 0.910. The quantitative estimate of drug-likeness (QED) is 0.833. The number of para-hydroxylation sites is 2. The van der Waals surface area contributed by atoms with E-state index in [9.17, 15) is 9.59 Å². The summed E-state index contributed by atoms with van der Waals surface area (Å²) in [5, 5.41) is 7.61. The van der Waals surface area contributed by atoms with Crippen molar-refractivity contribution in [2.45, 2.75) is 10.4 Å². The normalized spacial score (nSPS) is 16.7. The number of anilines is 1. The number of aromatic nitrogens is 2. The average Bonchev–Trinajstić information content (AvgIpc) is 3.04. The standard InChI is InChI=1S/C13H12N4O3S2/c14-12(19)10-5-17(8-3-1-2-4-9(8)20-10)11(18)6-21-13-16-15-7-22-13/h1-4,7,10H,5-6H2,(H2,14,19). The van der Waals surface area contributed by atoms with Crippen LogP contribution in [0.3, 0.4) is 0 Å². The highest BCUT2D eigenvalue weighted by Crippen LogP contribution is 2.33. The van der Waals surface area contributed by atoms with Crippen LogP contribution in [0, 0.1) is 0 Å². The van der Waals surface area contributed by atoms with Gasteiger partial charge < -0.3 is 15.4 Å². The van der Waals surface area contributed by atoms with Gasteiger partial charge in [0.05, 0.1) is 18.0 Å². The van der Waals surface area contributed by atoms with Gasteiger partial charge in [0.1, 0.15) is 11.3 Å². The zero-order valence-corrected chi connectivity index (χ0v) is 13.0. The number of nitrogens with zero attached hydrogens (tertiary/aromatic N) is 3. The second-order valence-corrected chi connectivity index (χ2v) is 6.53. The number of fused-ring (bicyclic) bond motifs is 1. The first-order valence-electron chi connectivity index (χ1n) is 6.39. The number of hydrogen-bond donors (Lipinski definition) is 1. The molecule has 22 heavy (non-hydrogen) atoms. The van der Waals surface area contributed by atoms with Crippen LogP contribution in [-0.2, 0) is 9.59 Å². The Morgan fingerprint density at radius 3 is 3.00 bits per heavy atom. The van der Waals surface area contributed by atoms with Crippen LogP contribution in [0.1, 0.15) is 0 Å². The number of benzene rings is 1. The first-order chi connectivity index (χ1) is 10.6. The van der Waals surface area contributed by atoms with Crippen LogP contribution < -0.4 is 15.4 Å². The number of hydrogen-bond acceptors (Lipinski definition) is 7. The highest BCUT2D eigenvalue weighted by atomic mass is 32.2. The molecular weight excluding hydrogens is 324 g/mol. The van der Waals surface area contributed by atoms with Crippen molar-refractivity contribution in [2.75, 3.05) is 17.2 Å². The summed E-state index contributed by atoms with van der Waals surface area (Å²) in [5.74, 6) is -0.0484. The monoisotopic (exact) mass is 336 g/mol. The molecule has 0 bridgehead atoms. The summed E-state index contributed by atoms with van der Waals surface area (Å²) in [5.41, 5.74) is 7.57. The Bertz CT molecular complexity index is 692.